The molecule has 0 radical (unpaired) electrons. The molecule has 0 aromatic heterocycles. The lowest BCUT2D eigenvalue weighted by Crippen LogP contribution is -2.22. The predicted octanol–water partition coefficient (Wildman–Crippen LogP) is 2.92. The van der Waals surface area contributed by atoms with Crippen LogP contribution in [-0.2, 0) is 6.54 Å². The number of ether oxygens (including phenoxy) is 1. The first-order chi connectivity index (χ1) is 10.0. The van der Waals surface area contributed by atoms with Gasteiger partial charge < -0.3 is 15.4 Å². The van der Waals surface area contributed by atoms with Crippen molar-refractivity contribution < 1.29 is 4.74 Å². The van der Waals surface area contributed by atoms with E-state index in [1.165, 1.54) is 11.1 Å². The monoisotopic (exact) mass is 283 g/mol. The van der Waals surface area contributed by atoms with E-state index in [1.54, 1.807) is 7.11 Å². The van der Waals surface area contributed by atoms with E-state index in [0.717, 1.165) is 18.0 Å². The van der Waals surface area contributed by atoms with E-state index in [4.69, 9.17) is 15.9 Å². The summed E-state index contributed by atoms with van der Waals surface area (Å²) >= 11 is 0. The van der Waals surface area contributed by atoms with Crippen molar-refractivity contribution in [2.24, 2.45) is 5.73 Å². The van der Waals surface area contributed by atoms with Crippen LogP contribution in [0.4, 0.5) is 5.69 Å². The highest BCUT2D eigenvalue weighted by atomic mass is 16.5. The Morgan fingerprint density at radius 3 is 2.62 bits per heavy atom. The van der Waals surface area contributed by atoms with Crippen molar-refractivity contribution in [2.75, 3.05) is 19.1 Å². The second-order valence-corrected chi connectivity index (χ2v) is 5.14. The Morgan fingerprint density at radius 2 is 2.00 bits per heavy atom. The molecular weight excluding hydrogens is 262 g/mol. The van der Waals surface area contributed by atoms with Gasteiger partial charge in [-0.15, -0.1) is 0 Å². The predicted molar refractivity (Wildman–Crippen MR) is 87.3 cm³/mol. The van der Waals surface area contributed by atoms with Crippen molar-refractivity contribution >= 4 is 11.5 Å². The van der Waals surface area contributed by atoms with Crippen molar-refractivity contribution in [2.45, 2.75) is 13.5 Å². The molecule has 4 heteroatoms. The minimum atomic E-state index is 0.0590. The first-order valence-electron chi connectivity index (χ1n) is 6.80. The van der Waals surface area contributed by atoms with Crippen molar-refractivity contribution in [1.82, 2.24) is 0 Å². The number of aryl methyl sites for hydroxylation is 1. The van der Waals surface area contributed by atoms with E-state index < -0.39 is 0 Å². The summed E-state index contributed by atoms with van der Waals surface area (Å²) in [4.78, 5) is 2.08. The molecule has 0 spiro atoms. The van der Waals surface area contributed by atoms with Crippen LogP contribution in [0.5, 0.6) is 5.75 Å². The van der Waals surface area contributed by atoms with E-state index in [9.17, 15) is 0 Å². The van der Waals surface area contributed by atoms with Crippen LogP contribution in [0.15, 0.2) is 42.5 Å². The fourth-order valence-corrected chi connectivity index (χ4v) is 2.35. The zero-order valence-electron chi connectivity index (χ0n) is 12.7. The minimum Gasteiger partial charge on any atom is -0.497 e. The van der Waals surface area contributed by atoms with Gasteiger partial charge in [-0.2, -0.15) is 0 Å². The molecule has 0 heterocycles. The van der Waals surface area contributed by atoms with Gasteiger partial charge in [-0.1, -0.05) is 29.8 Å². The number of hydrogen-bond acceptors (Lipinski definition) is 3. The SMILES string of the molecule is COc1ccc(C(=N)N)c(N(C)Cc2cccc(C)c2)c1. The van der Waals surface area contributed by atoms with Crippen LogP contribution in [0.1, 0.15) is 16.7 Å². The number of rotatable bonds is 5. The number of benzene rings is 2. The summed E-state index contributed by atoms with van der Waals surface area (Å²) in [5.74, 6) is 0.815. The van der Waals surface area contributed by atoms with Crippen LogP contribution in [0.2, 0.25) is 0 Å². The molecule has 0 atom stereocenters. The Morgan fingerprint density at radius 1 is 1.24 bits per heavy atom. The standard InChI is InChI=1S/C17H21N3O/c1-12-5-4-6-13(9-12)11-20(2)16-10-14(21-3)7-8-15(16)17(18)19/h4-10H,11H2,1-3H3,(H3,18,19). The maximum atomic E-state index is 7.72. The Bertz CT molecular complexity index is 652. The zero-order valence-corrected chi connectivity index (χ0v) is 12.7. The number of nitrogen functional groups attached to an aromatic ring is 1. The largest absolute Gasteiger partial charge is 0.497 e. The molecule has 0 saturated heterocycles. The summed E-state index contributed by atoms with van der Waals surface area (Å²) in [5, 5.41) is 7.72. The van der Waals surface area contributed by atoms with Gasteiger partial charge in [-0.25, -0.2) is 0 Å². The van der Waals surface area contributed by atoms with Gasteiger partial charge in [0.1, 0.15) is 11.6 Å². The molecule has 2 aromatic rings. The van der Waals surface area contributed by atoms with Gasteiger partial charge >= 0.3 is 0 Å². The minimum absolute atomic E-state index is 0.0590. The molecule has 0 unspecified atom stereocenters. The third-order valence-corrected chi connectivity index (χ3v) is 3.41. The lowest BCUT2D eigenvalue weighted by atomic mass is 10.1. The van der Waals surface area contributed by atoms with E-state index in [0.29, 0.717) is 5.56 Å². The Kier molecular flexibility index (Phi) is 4.48. The maximum absolute atomic E-state index is 7.72. The Hall–Kier alpha value is -2.49. The molecule has 0 fully saturated rings. The van der Waals surface area contributed by atoms with Gasteiger partial charge in [0.05, 0.1) is 12.8 Å². The van der Waals surface area contributed by atoms with E-state index in [2.05, 4.69) is 36.1 Å². The molecule has 0 aliphatic rings. The third-order valence-electron chi connectivity index (χ3n) is 3.41. The maximum Gasteiger partial charge on any atom is 0.124 e. The molecule has 0 bridgehead atoms. The zero-order chi connectivity index (χ0) is 15.4. The summed E-state index contributed by atoms with van der Waals surface area (Å²) < 4.78 is 5.27. The summed E-state index contributed by atoms with van der Waals surface area (Å²) in [6, 6.07) is 13.9. The molecule has 4 nitrogen and oxygen atoms in total. The van der Waals surface area contributed by atoms with E-state index >= 15 is 0 Å². The molecule has 0 saturated carbocycles. The van der Waals surface area contributed by atoms with E-state index in [-0.39, 0.29) is 5.84 Å². The van der Waals surface area contributed by atoms with Gasteiger partial charge in [-0.05, 0) is 24.6 Å². The highest BCUT2D eigenvalue weighted by Gasteiger charge is 2.12. The van der Waals surface area contributed by atoms with Crippen molar-refractivity contribution in [3.8, 4) is 5.75 Å². The van der Waals surface area contributed by atoms with E-state index in [1.807, 2.05) is 25.2 Å². The van der Waals surface area contributed by atoms with Crippen LogP contribution in [-0.4, -0.2) is 20.0 Å². The first kappa shape index (κ1) is 14.9. The molecule has 2 rings (SSSR count). The topological polar surface area (TPSA) is 62.3 Å². The van der Waals surface area contributed by atoms with Crippen LogP contribution in [0.3, 0.4) is 0 Å². The number of amidine groups is 1. The number of nitrogens with two attached hydrogens (primary N) is 1. The molecule has 110 valence electrons. The number of methoxy groups -OCH3 is 1. The number of hydrogen-bond donors (Lipinski definition) is 2. The molecule has 0 aliphatic heterocycles. The number of nitrogens with zero attached hydrogens (tertiary/aromatic N) is 1. The molecule has 0 amide bonds. The first-order valence-corrected chi connectivity index (χ1v) is 6.80. The van der Waals surface area contributed by atoms with Gasteiger partial charge in [0.15, 0.2) is 0 Å². The molecule has 0 aliphatic carbocycles. The van der Waals surface area contributed by atoms with Gasteiger partial charge in [0.25, 0.3) is 0 Å². The molecule has 3 N–H and O–H groups in total. The summed E-state index contributed by atoms with van der Waals surface area (Å²) in [7, 11) is 3.62. The number of nitrogens with one attached hydrogen (secondary N) is 1. The third kappa shape index (κ3) is 3.54. The fourth-order valence-electron chi connectivity index (χ4n) is 2.35. The van der Waals surface area contributed by atoms with Gasteiger partial charge in [0.2, 0.25) is 0 Å². The van der Waals surface area contributed by atoms with Crippen molar-refractivity contribution in [1.29, 1.82) is 5.41 Å². The van der Waals surface area contributed by atoms with Gasteiger partial charge in [0, 0.05) is 25.2 Å². The Labute approximate surface area is 125 Å². The lowest BCUT2D eigenvalue weighted by molar-refractivity contribution is 0.415. The van der Waals surface area contributed by atoms with Crippen molar-refractivity contribution in [3.63, 3.8) is 0 Å². The highest BCUT2D eigenvalue weighted by Crippen LogP contribution is 2.26. The normalized spacial score (nSPS) is 10.2. The lowest BCUT2D eigenvalue weighted by Gasteiger charge is -2.23. The molecular formula is C17H21N3O. The molecule has 2 aromatic carbocycles. The van der Waals surface area contributed by atoms with Crippen LogP contribution >= 0.6 is 0 Å². The molecule has 21 heavy (non-hydrogen) atoms. The van der Waals surface area contributed by atoms with Gasteiger partial charge in [-0.3, -0.25) is 5.41 Å². The van der Waals surface area contributed by atoms with Crippen LogP contribution < -0.4 is 15.4 Å². The quantitative estimate of drug-likeness (QED) is 0.655. The smallest absolute Gasteiger partial charge is 0.124 e. The second-order valence-electron chi connectivity index (χ2n) is 5.14. The summed E-state index contributed by atoms with van der Waals surface area (Å²) in [6.07, 6.45) is 0. The second kappa shape index (κ2) is 6.31. The summed E-state index contributed by atoms with van der Waals surface area (Å²) in [5.41, 5.74) is 9.74. The average molecular weight is 283 g/mol. The average Bonchev–Trinajstić information content (AvgIpc) is 2.46. The van der Waals surface area contributed by atoms with Crippen LogP contribution in [0.25, 0.3) is 0 Å². The van der Waals surface area contributed by atoms with Crippen molar-refractivity contribution in [3.05, 3.63) is 59.2 Å². The number of anilines is 1. The van der Waals surface area contributed by atoms with Crippen LogP contribution in [0, 0.1) is 12.3 Å². The summed E-state index contributed by atoms with van der Waals surface area (Å²) in [6.45, 7) is 2.82. The highest BCUT2D eigenvalue weighted by molar-refractivity contribution is 6.00. The fraction of sp³-hybridized carbons (Fsp3) is 0.235. The Balaban J connectivity index is 2.33.